The molecule has 31 heavy (non-hydrogen) atoms. The van der Waals surface area contributed by atoms with Gasteiger partial charge >= 0.3 is 0 Å². The first-order valence-corrected chi connectivity index (χ1v) is 11.6. The molecule has 2 saturated heterocycles. The van der Waals surface area contributed by atoms with Gasteiger partial charge in [-0.3, -0.25) is 19.3 Å². The van der Waals surface area contributed by atoms with Gasteiger partial charge in [-0.1, -0.05) is 11.6 Å². The van der Waals surface area contributed by atoms with Crippen LogP contribution in [0.3, 0.4) is 0 Å². The van der Waals surface area contributed by atoms with E-state index in [1.165, 1.54) is 28.6 Å². The molecule has 162 valence electrons. The molecule has 10 heteroatoms. The monoisotopic (exact) mass is 461 g/mol. The van der Waals surface area contributed by atoms with E-state index in [0.717, 1.165) is 4.90 Å². The average molecular weight is 462 g/mol. The number of amides is 3. The fourth-order valence-electron chi connectivity index (χ4n) is 3.69. The fourth-order valence-corrected chi connectivity index (χ4v) is 5.24. The largest absolute Gasteiger partial charge is 0.336 e. The summed E-state index contributed by atoms with van der Waals surface area (Å²) >= 11 is 5.83. The summed E-state index contributed by atoms with van der Waals surface area (Å²) in [6.45, 7) is 0.893. The Kier molecular flexibility index (Phi) is 5.83. The van der Waals surface area contributed by atoms with Gasteiger partial charge in [0.2, 0.25) is 21.8 Å². The van der Waals surface area contributed by atoms with E-state index in [1.807, 2.05) is 0 Å². The zero-order valence-electron chi connectivity index (χ0n) is 16.5. The summed E-state index contributed by atoms with van der Waals surface area (Å²) in [7, 11) is -3.65. The Morgan fingerprint density at radius 2 is 1.35 bits per heavy atom. The number of rotatable bonds is 4. The molecule has 2 aliphatic heterocycles. The number of benzene rings is 2. The van der Waals surface area contributed by atoms with Crippen molar-refractivity contribution in [1.82, 2.24) is 9.21 Å². The van der Waals surface area contributed by atoms with Crippen molar-refractivity contribution < 1.29 is 22.8 Å². The highest BCUT2D eigenvalue weighted by atomic mass is 35.5. The van der Waals surface area contributed by atoms with E-state index in [4.69, 9.17) is 11.6 Å². The van der Waals surface area contributed by atoms with Crippen LogP contribution < -0.4 is 4.90 Å². The third kappa shape index (κ3) is 4.21. The molecule has 2 heterocycles. The predicted molar refractivity (Wildman–Crippen MR) is 114 cm³/mol. The van der Waals surface area contributed by atoms with E-state index >= 15 is 0 Å². The van der Waals surface area contributed by atoms with Gasteiger partial charge in [0, 0.05) is 49.6 Å². The molecule has 0 N–H and O–H groups in total. The zero-order chi connectivity index (χ0) is 22.2. The summed E-state index contributed by atoms with van der Waals surface area (Å²) in [5.41, 5.74) is 0.861. The van der Waals surface area contributed by atoms with Gasteiger partial charge < -0.3 is 4.90 Å². The average Bonchev–Trinajstić information content (AvgIpc) is 3.11. The van der Waals surface area contributed by atoms with E-state index in [1.54, 1.807) is 29.2 Å². The Bertz CT molecular complexity index is 1110. The summed E-state index contributed by atoms with van der Waals surface area (Å²) < 4.78 is 26.9. The lowest BCUT2D eigenvalue weighted by Gasteiger charge is -2.34. The highest BCUT2D eigenvalue weighted by Crippen LogP contribution is 2.24. The van der Waals surface area contributed by atoms with Crippen LogP contribution in [0.4, 0.5) is 5.69 Å². The summed E-state index contributed by atoms with van der Waals surface area (Å²) in [6.07, 6.45) is 0.394. The molecule has 2 aromatic carbocycles. The smallest absolute Gasteiger partial charge is 0.253 e. The van der Waals surface area contributed by atoms with Crippen LogP contribution in [0.2, 0.25) is 5.02 Å². The molecule has 0 radical (unpaired) electrons. The van der Waals surface area contributed by atoms with Crippen molar-refractivity contribution in [2.75, 3.05) is 31.1 Å². The van der Waals surface area contributed by atoms with Crippen LogP contribution >= 0.6 is 11.6 Å². The Hall–Kier alpha value is -2.75. The normalized spacial score (nSPS) is 18.0. The van der Waals surface area contributed by atoms with Crippen molar-refractivity contribution in [3.05, 3.63) is 59.1 Å². The van der Waals surface area contributed by atoms with E-state index < -0.39 is 10.0 Å². The Labute approximate surface area is 185 Å². The first-order valence-electron chi connectivity index (χ1n) is 9.78. The van der Waals surface area contributed by atoms with E-state index in [9.17, 15) is 22.8 Å². The molecule has 2 fully saturated rings. The number of imide groups is 1. The Morgan fingerprint density at radius 3 is 1.90 bits per heavy atom. The van der Waals surface area contributed by atoms with Crippen LogP contribution in [-0.2, 0) is 19.6 Å². The first kappa shape index (κ1) is 21.5. The number of anilines is 1. The second-order valence-electron chi connectivity index (χ2n) is 7.32. The number of piperazine rings is 1. The fraction of sp³-hybridized carbons (Fsp3) is 0.286. The minimum atomic E-state index is -3.65. The number of carbonyl (C=O) groups is 3. The number of sulfonamides is 1. The molecular formula is C21H20ClN3O5S. The van der Waals surface area contributed by atoms with Gasteiger partial charge in [-0.15, -0.1) is 0 Å². The molecule has 0 unspecified atom stereocenters. The van der Waals surface area contributed by atoms with Crippen LogP contribution in [0.15, 0.2) is 53.4 Å². The van der Waals surface area contributed by atoms with Gasteiger partial charge in [0.25, 0.3) is 5.91 Å². The molecular weight excluding hydrogens is 442 g/mol. The highest BCUT2D eigenvalue weighted by Gasteiger charge is 2.32. The molecule has 4 rings (SSSR count). The van der Waals surface area contributed by atoms with E-state index in [-0.39, 0.29) is 61.6 Å². The molecule has 2 aliphatic rings. The van der Waals surface area contributed by atoms with Crippen molar-refractivity contribution in [3.63, 3.8) is 0 Å². The summed E-state index contributed by atoms with van der Waals surface area (Å²) in [5.74, 6) is -0.724. The summed E-state index contributed by atoms with van der Waals surface area (Å²) in [5, 5.41) is 0.457. The minimum absolute atomic E-state index is 0.165. The molecule has 0 aromatic heterocycles. The van der Waals surface area contributed by atoms with Crippen LogP contribution in [-0.4, -0.2) is 61.5 Å². The Morgan fingerprint density at radius 1 is 0.806 bits per heavy atom. The van der Waals surface area contributed by atoms with Crippen molar-refractivity contribution >= 4 is 45.0 Å². The molecule has 2 aromatic rings. The van der Waals surface area contributed by atoms with Crippen molar-refractivity contribution in [2.24, 2.45) is 0 Å². The molecule has 0 saturated carbocycles. The molecule has 0 spiro atoms. The topological polar surface area (TPSA) is 95.1 Å². The summed E-state index contributed by atoms with van der Waals surface area (Å²) in [6, 6.07) is 12.3. The van der Waals surface area contributed by atoms with Crippen molar-refractivity contribution in [2.45, 2.75) is 17.7 Å². The Balaban J connectivity index is 1.41. The van der Waals surface area contributed by atoms with Gasteiger partial charge in [0.05, 0.1) is 10.6 Å². The van der Waals surface area contributed by atoms with Crippen LogP contribution in [0.5, 0.6) is 0 Å². The maximum absolute atomic E-state index is 12.8. The predicted octanol–water partition coefficient (Wildman–Crippen LogP) is 2.14. The lowest BCUT2D eigenvalue weighted by atomic mass is 10.1. The zero-order valence-corrected chi connectivity index (χ0v) is 18.1. The lowest BCUT2D eigenvalue weighted by molar-refractivity contribution is -0.121. The molecule has 8 nitrogen and oxygen atoms in total. The van der Waals surface area contributed by atoms with Gasteiger partial charge in [0.15, 0.2) is 0 Å². The van der Waals surface area contributed by atoms with Gasteiger partial charge in [0.1, 0.15) is 0 Å². The molecule has 0 atom stereocenters. The summed E-state index contributed by atoms with van der Waals surface area (Å²) in [4.78, 5) is 39.4. The number of nitrogens with zero attached hydrogens (tertiary/aromatic N) is 3. The molecule has 0 bridgehead atoms. The molecule has 0 aliphatic carbocycles. The number of hydrogen-bond acceptors (Lipinski definition) is 5. The molecule has 3 amide bonds. The standard InChI is InChI=1S/C21H20ClN3O5S/c22-16-3-7-18(8-4-16)31(29,30)24-13-11-23(12-14-24)21(28)15-1-5-17(6-2-15)25-19(26)9-10-20(25)27/h1-8H,9-14H2. The van der Waals surface area contributed by atoms with Gasteiger partial charge in [-0.2, -0.15) is 4.31 Å². The number of hydrogen-bond donors (Lipinski definition) is 0. The lowest BCUT2D eigenvalue weighted by Crippen LogP contribution is -2.50. The van der Waals surface area contributed by atoms with Crippen molar-refractivity contribution in [1.29, 1.82) is 0 Å². The van der Waals surface area contributed by atoms with Crippen molar-refractivity contribution in [3.8, 4) is 0 Å². The quantitative estimate of drug-likeness (QED) is 0.650. The van der Waals surface area contributed by atoms with Gasteiger partial charge in [-0.05, 0) is 48.5 Å². The maximum Gasteiger partial charge on any atom is 0.253 e. The number of halogens is 1. The minimum Gasteiger partial charge on any atom is -0.336 e. The SMILES string of the molecule is O=C(c1ccc(N2C(=O)CCC2=O)cc1)N1CCN(S(=O)(=O)c2ccc(Cl)cc2)CC1. The first-order chi connectivity index (χ1) is 14.8. The van der Waals surface area contributed by atoms with Crippen LogP contribution in [0, 0.1) is 0 Å². The van der Waals surface area contributed by atoms with E-state index in [2.05, 4.69) is 0 Å². The van der Waals surface area contributed by atoms with E-state index in [0.29, 0.717) is 16.3 Å². The second kappa shape index (κ2) is 8.41. The maximum atomic E-state index is 12.8. The van der Waals surface area contributed by atoms with Gasteiger partial charge in [-0.25, -0.2) is 8.42 Å². The number of carbonyl (C=O) groups excluding carboxylic acids is 3. The second-order valence-corrected chi connectivity index (χ2v) is 9.69. The van der Waals surface area contributed by atoms with Crippen LogP contribution in [0.1, 0.15) is 23.2 Å². The highest BCUT2D eigenvalue weighted by molar-refractivity contribution is 7.89. The third-order valence-electron chi connectivity index (χ3n) is 5.40. The van der Waals surface area contributed by atoms with Crippen LogP contribution in [0.25, 0.3) is 0 Å². The third-order valence-corrected chi connectivity index (χ3v) is 7.57.